The van der Waals surface area contributed by atoms with E-state index in [1.165, 1.54) is 6.07 Å². The fraction of sp³-hybridized carbons (Fsp3) is 0.0588. The lowest BCUT2D eigenvalue weighted by atomic mass is 10.1. The van der Waals surface area contributed by atoms with Gasteiger partial charge < -0.3 is 9.52 Å². The third kappa shape index (κ3) is 3.11. The van der Waals surface area contributed by atoms with Gasteiger partial charge in [-0.2, -0.15) is 0 Å². The summed E-state index contributed by atoms with van der Waals surface area (Å²) in [6, 6.07) is 10.3. The minimum atomic E-state index is -1.16. The molecule has 3 aromatic rings. The Hall–Kier alpha value is -3.02. The van der Waals surface area contributed by atoms with Crippen LogP contribution in [0, 0.1) is 11.6 Å². The van der Waals surface area contributed by atoms with Crippen LogP contribution in [-0.4, -0.2) is 16.1 Å². The zero-order valence-corrected chi connectivity index (χ0v) is 11.8. The van der Waals surface area contributed by atoms with Gasteiger partial charge in [0, 0.05) is 11.1 Å². The van der Waals surface area contributed by atoms with E-state index >= 15 is 0 Å². The van der Waals surface area contributed by atoms with E-state index < -0.39 is 24.0 Å². The maximum atomic E-state index is 13.8. The molecule has 0 atom stereocenters. The second kappa shape index (κ2) is 6.00. The van der Waals surface area contributed by atoms with Gasteiger partial charge in [0.2, 0.25) is 5.89 Å². The van der Waals surface area contributed by atoms with E-state index in [-0.39, 0.29) is 17.0 Å². The molecule has 23 heavy (non-hydrogen) atoms. The molecule has 1 aromatic heterocycles. The molecule has 0 fully saturated rings. The van der Waals surface area contributed by atoms with Crippen LogP contribution < -0.4 is 0 Å². The van der Waals surface area contributed by atoms with Crippen LogP contribution in [0.1, 0.15) is 17.9 Å². The molecular formula is C17H11F2NO3. The first-order chi connectivity index (χ1) is 11.0. The average Bonchev–Trinajstić information content (AvgIpc) is 2.93. The van der Waals surface area contributed by atoms with Crippen molar-refractivity contribution in [3.8, 4) is 0 Å². The second-order valence-electron chi connectivity index (χ2n) is 4.86. The number of aromatic nitrogens is 1. The van der Waals surface area contributed by atoms with Gasteiger partial charge in [0.25, 0.3) is 0 Å². The fourth-order valence-electron chi connectivity index (χ4n) is 2.18. The summed E-state index contributed by atoms with van der Waals surface area (Å²) in [6.07, 6.45) is 0.643. The number of para-hydroxylation sites is 2. The van der Waals surface area contributed by atoms with Crippen molar-refractivity contribution in [3.05, 3.63) is 65.6 Å². The van der Waals surface area contributed by atoms with E-state index in [1.807, 2.05) is 0 Å². The normalized spacial score (nSPS) is 11.8. The number of hydrogen-bond acceptors (Lipinski definition) is 3. The highest BCUT2D eigenvalue weighted by Gasteiger charge is 2.16. The van der Waals surface area contributed by atoms with Crippen LogP contribution in [0.5, 0.6) is 0 Å². The molecule has 0 saturated heterocycles. The van der Waals surface area contributed by atoms with Gasteiger partial charge >= 0.3 is 5.97 Å². The third-order valence-electron chi connectivity index (χ3n) is 3.23. The summed E-state index contributed by atoms with van der Waals surface area (Å²) in [7, 11) is 0. The molecule has 0 spiro atoms. The summed E-state index contributed by atoms with van der Waals surface area (Å²) in [6.45, 7) is 0. The maximum absolute atomic E-state index is 13.8. The van der Waals surface area contributed by atoms with Gasteiger partial charge in [-0.15, -0.1) is 0 Å². The number of carboxylic acid groups (broad SMARTS) is 1. The first-order valence-corrected chi connectivity index (χ1v) is 6.77. The van der Waals surface area contributed by atoms with Gasteiger partial charge in [0.1, 0.15) is 17.2 Å². The van der Waals surface area contributed by atoms with Gasteiger partial charge in [0.05, 0.1) is 6.42 Å². The van der Waals surface area contributed by atoms with Gasteiger partial charge in [-0.1, -0.05) is 18.2 Å². The summed E-state index contributed by atoms with van der Waals surface area (Å²) in [5, 5.41) is 9.04. The van der Waals surface area contributed by atoms with Gasteiger partial charge in [-0.05, 0) is 30.3 Å². The SMILES string of the molecule is O=C(O)C/C(=C\c1c(F)cccc1F)c1nc2ccccc2o1. The predicted molar refractivity (Wildman–Crippen MR) is 80.5 cm³/mol. The highest BCUT2D eigenvalue weighted by atomic mass is 19.1. The quantitative estimate of drug-likeness (QED) is 0.786. The summed E-state index contributed by atoms with van der Waals surface area (Å²) in [4.78, 5) is 15.2. The third-order valence-corrected chi connectivity index (χ3v) is 3.23. The van der Waals surface area contributed by atoms with Crippen molar-refractivity contribution in [3.63, 3.8) is 0 Å². The molecule has 0 aliphatic rings. The second-order valence-corrected chi connectivity index (χ2v) is 4.86. The van der Waals surface area contributed by atoms with Crippen molar-refractivity contribution in [1.29, 1.82) is 0 Å². The van der Waals surface area contributed by atoms with Crippen LogP contribution in [0.3, 0.4) is 0 Å². The van der Waals surface area contributed by atoms with Crippen molar-refractivity contribution in [2.75, 3.05) is 0 Å². The standard InChI is InChI=1S/C17H11F2NO3/c18-12-4-3-5-13(19)11(12)8-10(9-16(21)22)17-20-14-6-1-2-7-15(14)23-17/h1-8H,9H2,(H,21,22)/b10-8+. The van der Waals surface area contributed by atoms with Gasteiger partial charge in [0.15, 0.2) is 5.58 Å². The number of rotatable bonds is 4. The Morgan fingerprint density at radius 1 is 1.13 bits per heavy atom. The lowest BCUT2D eigenvalue weighted by molar-refractivity contribution is -0.135. The molecule has 4 nitrogen and oxygen atoms in total. The predicted octanol–water partition coefficient (Wildman–Crippen LogP) is 4.12. The summed E-state index contributed by atoms with van der Waals surface area (Å²) >= 11 is 0. The number of carbonyl (C=O) groups is 1. The Balaban J connectivity index is 2.14. The zero-order valence-electron chi connectivity index (χ0n) is 11.8. The monoisotopic (exact) mass is 315 g/mol. The molecule has 116 valence electrons. The number of hydrogen-bond donors (Lipinski definition) is 1. The molecule has 3 rings (SSSR count). The minimum Gasteiger partial charge on any atom is -0.481 e. The number of nitrogens with zero attached hydrogens (tertiary/aromatic N) is 1. The molecule has 0 amide bonds. The lowest BCUT2D eigenvalue weighted by Gasteiger charge is -2.03. The lowest BCUT2D eigenvalue weighted by Crippen LogP contribution is -1.98. The Kier molecular flexibility index (Phi) is 3.89. The Morgan fingerprint density at radius 2 is 1.83 bits per heavy atom. The van der Waals surface area contributed by atoms with Crippen molar-refractivity contribution >= 4 is 28.7 Å². The minimum absolute atomic E-state index is 0.0243. The smallest absolute Gasteiger partial charge is 0.308 e. The van der Waals surface area contributed by atoms with Crippen LogP contribution >= 0.6 is 0 Å². The van der Waals surface area contributed by atoms with Crippen LogP contribution in [-0.2, 0) is 4.79 Å². The van der Waals surface area contributed by atoms with E-state index in [9.17, 15) is 13.6 Å². The van der Waals surface area contributed by atoms with E-state index in [1.54, 1.807) is 24.3 Å². The molecule has 0 radical (unpaired) electrons. The molecule has 0 saturated carbocycles. The molecule has 1 heterocycles. The summed E-state index contributed by atoms with van der Waals surface area (Å²) < 4.78 is 33.1. The van der Waals surface area contributed by atoms with Crippen molar-refractivity contribution in [1.82, 2.24) is 4.98 Å². The number of aliphatic carboxylic acids is 1. The van der Waals surface area contributed by atoms with Crippen LogP contribution in [0.15, 0.2) is 46.9 Å². The zero-order chi connectivity index (χ0) is 16.4. The van der Waals surface area contributed by atoms with Crippen molar-refractivity contribution < 1.29 is 23.1 Å². The van der Waals surface area contributed by atoms with Crippen LogP contribution in [0.2, 0.25) is 0 Å². The highest BCUT2D eigenvalue weighted by molar-refractivity contribution is 5.91. The average molecular weight is 315 g/mol. The van der Waals surface area contributed by atoms with Gasteiger partial charge in [-0.3, -0.25) is 4.79 Å². The molecule has 6 heteroatoms. The first kappa shape index (κ1) is 14.9. The van der Waals surface area contributed by atoms with E-state index in [0.29, 0.717) is 11.1 Å². The van der Waals surface area contributed by atoms with Crippen molar-refractivity contribution in [2.24, 2.45) is 0 Å². The maximum Gasteiger partial charge on any atom is 0.308 e. The van der Waals surface area contributed by atoms with E-state index in [2.05, 4.69) is 4.98 Å². The molecule has 0 aliphatic carbocycles. The van der Waals surface area contributed by atoms with Crippen LogP contribution in [0.4, 0.5) is 8.78 Å². The molecule has 2 aromatic carbocycles. The molecule has 0 aliphatic heterocycles. The molecular weight excluding hydrogens is 304 g/mol. The Morgan fingerprint density at radius 3 is 2.48 bits per heavy atom. The van der Waals surface area contributed by atoms with Gasteiger partial charge in [-0.25, -0.2) is 13.8 Å². The number of halogens is 2. The Bertz CT molecular complexity index is 862. The molecule has 0 bridgehead atoms. The molecule has 0 unspecified atom stereocenters. The van der Waals surface area contributed by atoms with Crippen molar-refractivity contribution in [2.45, 2.75) is 6.42 Å². The van der Waals surface area contributed by atoms with E-state index in [4.69, 9.17) is 9.52 Å². The number of benzene rings is 2. The topological polar surface area (TPSA) is 63.3 Å². The highest BCUT2D eigenvalue weighted by Crippen LogP contribution is 2.27. The fourth-order valence-corrected chi connectivity index (χ4v) is 2.18. The number of oxazole rings is 1. The van der Waals surface area contributed by atoms with Crippen LogP contribution in [0.25, 0.3) is 22.7 Å². The number of carboxylic acids is 1. The first-order valence-electron chi connectivity index (χ1n) is 6.77. The summed E-state index contributed by atoms with van der Waals surface area (Å²) in [5.41, 5.74) is 0.754. The molecule has 1 N–H and O–H groups in total. The Labute approximate surface area is 129 Å². The van der Waals surface area contributed by atoms with E-state index in [0.717, 1.165) is 18.2 Å². The largest absolute Gasteiger partial charge is 0.481 e. The number of fused-ring (bicyclic) bond motifs is 1. The summed E-state index contributed by atoms with van der Waals surface area (Å²) in [5.74, 6) is -2.71.